The summed E-state index contributed by atoms with van der Waals surface area (Å²) in [5.41, 5.74) is 0.305. The van der Waals surface area contributed by atoms with E-state index in [0.717, 1.165) is 16.5 Å². The molecule has 1 aliphatic heterocycles. The molecule has 64 heavy (non-hydrogen) atoms. The van der Waals surface area contributed by atoms with Crippen molar-refractivity contribution in [1.29, 1.82) is 0 Å². The highest BCUT2D eigenvalue weighted by molar-refractivity contribution is 5.90. The monoisotopic (exact) mass is 897 g/mol. The molecule has 14 nitrogen and oxygen atoms in total. The molecule has 1 saturated heterocycles. The van der Waals surface area contributed by atoms with E-state index in [4.69, 9.17) is 28.4 Å². The second-order valence-electron chi connectivity index (χ2n) is 14.7. The SMILES string of the molecule is COc1ccc(C(OC[C@H]2O[C@@H](n3cnc4c(=O)[nH]c(NC(=O)COc5ccccc5)nc43)C(OCOCC(C(F)(F)F)C(F)(F)F)[C@H]2O)(c2ccccc2)c2ccc(C)cc2)cc1. The molecule has 0 saturated carbocycles. The lowest BCUT2D eigenvalue weighted by atomic mass is 9.79. The Bertz CT molecular complexity index is 2530. The summed E-state index contributed by atoms with van der Waals surface area (Å²) in [6.45, 7) is -1.95. The van der Waals surface area contributed by atoms with Crippen LogP contribution in [0.2, 0.25) is 0 Å². The Morgan fingerprint density at radius 3 is 2.11 bits per heavy atom. The number of aromatic amines is 1. The van der Waals surface area contributed by atoms with Crippen molar-refractivity contribution in [3.8, 4) is 11.5 Å². The lowest BCUT2D eigenvalue weighted by molar-refractivity contribution is -0.299. The lowest BCUT2D eigenvalue weighted by Crippen LogP contribution is -2.41. The topological polar surface area (TPSA) is 168 Å². The standard InChI is InChI=1S/C44H41F6N5O9/c1-26-13-15-28(16-14-26)42(27-9-5-3-6-10-27,29-17-19-30(59-2)20-18-29)63-21-32-36(57)37(62-25-60-22-33(43(45,46)47)44(48,49)50)40(64-32)55-24-51-35-38(55)53-41(54-39(35)58)52-34(56)23-61-31-11-7-4-8-12-31/h3-20,24,32-33,36-37,40,57H,21-23,25H2,1-2H3,(H2,52,53,54,56,58)/t32-,36+,37?,40-,42?/m1/s1. The third kappa shape index (κ3) is 10.1. The number of amides is 1. The first kappa shape index (κ1) is 45.7. The van der Waals surface area contributed by atoms with Gasteiger partial charge in [-0.1, -0.05) is 90.5 Å². The van der Waals surface area contributed by atoms with E-state index in [1.165, 1.54) is 7.11 Å². The molecule has 2 aromatic heterocycles. The summed E-state index contributed by atoms with van der Waals surface area (Å²) in [6, 6.07) is 32.3. The zero-order valence-corrected chi connectivity index (χ0v) is 34.0. The van der Waals surface area contributed by atoms with E-state index in [2.05, 4.69) is 20.3 Å². The molecule has 1 amide bonds. The molecule has 0 bridgehead atoms. The number of imidazole rings is 1. The van der Waals surface area contributed by atoms with Crippen LogP contribution in [0.25, 0.3) is 11.2 Å². The maximum Gasteiger partial charge on any atom is 0.402 e. The van der Waals surface area contributed by atoms with Crippen LogP contribution in [0.5, 0.6) is 11.5 Å². The van der Waals surface area contributed by atoms with Gasteiger partial charge in [0.25, 0.3) is 11.5 Å². The summed E-state index contributed by atoms with van der Waals surface area (Å²) in [4.78, 5) is 36.9. The number of hydrogen-bond donors (Lipinski definition) is 3. The van der Waals surface area contributed by atoms with Crippen molar-refractivity contribution in [3.63, 3.8) is 0 Å². The number of aliphatic hydroxyl groups excluding tert-OH is 1. The molecule has 2 unspecified atom stereocenters. The fourth-order valence-electron chi connectivity index (χ4n) is 7.18. The average Bonchev–Trinajstić information content (AvgIpc) is 3.83. The van der Waals surface area contributed by atoms with Gasteiger partial charge in [-0.15, -0.1) is 0 Å². The predicted molar refractivity (Wildman–Crippen MR) is 216 cm³/mol. The van der Waals surface area contributed by atoms with Gasteiger partial charge in [0.2, 0.25) is 5.95 Å². The number of H-pyrrole nitrogens is 1. The molecule has 0 spiro atoms. The molecule has 0 radical (unpaired) electrons. The van der Waals surface area contributed by atoms with Gasteiger partial charge in [-0.05, 0) is 47.9 Å². The lowest BCUT2D eigenvalue weighted by Gasteiger charge is -2.37. The van der Waals surface area contributed by atoms with E-state index in [9.17, 15) is 41.0 Å². The molecule has 0 aliphatic carbocycles. The fourth-order valence-corrected chi connectivity index (χ4v) is 7.18. The summed E-state index contributed by atoms with van der Waals surface area (Å²) in [5, 5.41) is 14.3. The largest absolute Gasteiger partial charge is 0.497 e. The van der Waals surface area contributed by atoms with Crippen LogP contribution >= 0.6 is 0 Å². The number of aryl methyl sites for hydroxylation is 1. The zero-order valence-electron chi connectivity index (χ0n) is 34.0. The van der Waals surface area contributed by atoms with Crippen LogP contribution < -0.4 is 20.3 Å². The minimum atomic E-state index is -5.68. The number of aromatic nitrogens is 4. The van der Waals surface area contributed by atoms with E-state index in [-0.39, 0.29) is 17.1 Å². The van der Waals surface area contributed by atoms with Crippen LogP contribution in [0.3, 0.4) is 0 Å². The molecule has 3 N–H and O–H groups in total. The Hall–Kier alpha value is -6.32. The second kappa shape index (κ2) is 19.2. The second-order valence-corrected chi connectivity index (χ2v) is 14.7. The van der Waals surface area contributed by atoms with Crippen molar-refractivity contribution in [2.24, 2.45) is 5.92 Å². The van der Waals surface area contributed by atoms with Crippen LogP contribution in [0.1, 0.15) is 28.5 Å². The molecule has 338 valence electrons. The number of rotatable bonds is 17. The highest BCUT2D eigenvalue weighted by Gasteiger charge is 2.57. The van der Waals surface area contributed by atoms with Crippen molar-refractivity contribution in [2.75, 3.05) is 39.0 Å². The van der Waals surface area contributed by atoms with Crippen molar-refractivity contribution >= 4 is 23.0 Å². The van der Waals surface area contributed by atoms with Crippen molar-refractivity contribution < 1.29 is 64.7 Å². The number of benzene rings is 4. The molecular formula is C44H41F6N5O9. The minimum Gasteiger partial charge on any atom is -0.497 e. The Balaban J connectivity index is 1.22. The minimum absolute atomic E-state index is 0.206. The maximum absolute atomic E-state index is 13.3. The number of carbonyl (C=O) groups is 1. The first-order chi connectivity index (χ1) is 30.6. The number of alkyl halides is 6. The van der Waals surface area contributed by atoms with Crippen molar-refractivity contribution in [3.05, 3.63) is 148 Å². The molecule has 4 aromatic carbocycles. The molecule has 1 fully saturated rings. The molecule has 20 heteroatoms. The van der Waals surface area contributed by atoms with Gasteiger partial charge in [0.15, 0.2) is 29.9 Å². The normalized spacial score (nSPS) is 18.8. The number of aliphatic hydroxyl groups is 1. The summed E-state index contributed by atoms with van der Waals surface area (Å²) < 4.78 is 116. The molecule has 7 rings (SSSR count). The van der Waals surface area contributed by atoms with E-state index < -0.39 is 86.5 Å². The zero-order chi connectivity index (χ0) is 45.6. The number of methoxy groups -OCH3 is 1. The fraction of sp³-hybridized carbons (Fsp3) is 0.318. The average molecular weight is 898 g/mol. The number of carbonyl (C=O) groups excluding carboxylic acids is 1. The van der Waals surface area contributed by atoms with Gasteiger partial charge in [-0.2, -0.15) is 31.3 Å². The van der Waals surface area contributed by atoms with Crippen LogP contribution in [0.15, 0.2) is 120 Å². The molecular weight excluding hydrogens is 856 g/mol. The number of ether oxygens (including phenoxy) is 6. The van der Waals surface area contributed by atoms with Gasteiger partial charge in [0, 0.05) is 0 Å². The van der Waals surface area contributed by atoms with Gasteiger partial charge in [-0.3, -0.25) is 24.5 Å². The number of nitrogens with one attached hydrogen (secondary N) is 2. The number of anilines is 1. The number of nitrogens with zero attached hydrogens (tertiary/aromatic N) is 3. The first-order valence-corrected chi connectivity index (χ1v) is 19.6. The number of hydrogen-bond acceptors (Lipinski definition) is 11. The highest BCUT2D eigenvalue weighted by Crippen LogP contribution is 2.43. The van der Waals surface area contributed by atoms with Gasteiger partial charge < -0.3 is 33.5 Å². The Morgan fingerprint density at radius 2 is 1.48 bits per heavy atom. The smallest absolute Gasteiger partial charge is 0.402 e. The number of fused-ring (bicyclic) bond motifs is 1. The van der Waals surface area contributed by atoms with Gasteiger partial charge in [0.05, 0.1) is 26.7 Å². The van der Waals surface area contributed by atoms with Crippen LogP contribution in [-0.2, 0) is 29.3 Å². The third-order valence-electron chi connectivity index (χ3n) is 10.4. The maximum atomic E-state index is 13.3. The van der Waals surface area contributed by atoms with E-state index in [0.29, 0.717) is 28.2 Å². The van der Waals surface area contributed by atoms with Crippen LogP contribution in [0.4, 0.5) is 32.3 Å². The van der Waals surface area contributed by atoms with Gasteiger partial charge in [-0.25, -0.2) is 4.98 Å². The number of halogens is 6. The summed E-state index contributed by atoms with van der Waals surface area (Å²) in [5.74, 6) is -3.90. The van der Waals surface area contributed by atoms with Crippen molar-refractivity contribution in [2.45, 2.75) is 49.4 Å². The molecule has 5 atom stereocenters. The van der Waals surface area contributed by atoms with E-state index >= 15 is 0 Å². The van der Waals surface area contributed by atoms with Crippen molar-refractivity contribution in [1.82, 2.24) is 19.5 Å². The Morgan fingerprint density at radius 1 is 0.875 bits per heavy atom. The molecule has 1 aliphatic rings. The summed E-state index contributed by atoms with van der Waals surface area (Å²) in [7, 11) is 1.52. The first-order valence-electron chi connectivity index (χ1n) is 19.6. The molecule has 6 aromatic rings. The quantitative estimate of drug-likeness (QED) is 0.0380. The highest BCUT2D eigenvalue weighted by atomic mass is 19.4. The van der Waals surface area contributed by atoms with Crippen LogP contribution in [0, 0.1) is 12.8 Å². The predicted octanol–water partition coefficient (Wildman–Crippen LogP) is 6.82. The van der Waals surface area contributed by atoms with E-state index in [1.807, 2.05) is 73.7 Å². The Kier molecular flexibility index (Phi) is 13.7. The number of para-hydroxylation sites is 1. The van der Waals surface area contributed by atoms with Gasteiger partial charge >= 0.3 is 12.4 Å². The third-order valence-corrected chi connectivity index (χ3v) is 10.4. The molecule has 3 heterocycles. The summed E-state index contributed by atoms with van der Waals surface area (Å²) in [6.07, 6.45) is -16.4. The Labute approximate surface area is 360 Å². The van der Waals surface area contributed by atoms with Gasteiger partial charge in [0.1, 0.15) is 42.2 Å². The summed E-state index contributed by atoms with van der Waals surface area (Å²) >= 11 is 0. The van der Waals surface area contributed by atoms with Crippen LogP contribution in [-0.4, -0.2) is 94.9 Å². The van der Waals surface area contributed by atoms with E-state index in [1.54, 1.807) is 42.5 Å².